The van der Waals surface area contributed by atoms with Crippen molar-refractivity contribution in [2.75, 3.05) is 13.1 Å². The summed E-state index contributed by atoms with van der Waals surface area (Å²) in [6.45, 7) is 7.58. The largest absolute Gasteiger partial charge is 0.355 e. The summed E-state index contributed by atoms with van der Waals surface area (Å²) >= 11 is 6.16. The summed E-state index contributed by atoms with van der Waals surface area (Å²) in [4.78, 5) is 2.16. The number of hydrogen-bond donors (Lipinski definition) is 0. The number of benzene rings is 1. The van der Waals surface area contributed by atoms with Crippen molar-refractivity contribution >= 4 is 27.5 Å². The molecule has 0 saturated carbocycles. The molecule has 4 nitrogen and oxygen atoms in total. The predicted octanol–water partition coefficient (Wildman–Crippen LogP) is 2.77. The van der Waals surface area contributed by atoms with E-state index in [4.69, 9.17) is 11.6 Å². The molecule has 1 aliphatic rings. The highest BCUT2D eigenvalue weighted by atomic mass is 35.5. The average Bonchev–Trinajstić information content (AvgIpc) is 2.60. The molecule has 1 heterocycles. The Hall–Kier alpha value is -1.07. The van der Waals surface area contributed by atoms with Crippen LogP contribution in [0.5, 0.6) is 0 Å². The minimum atomic E-state index is -3.61. The molecule has 0 fully saturated rings. The number of hydrogen-bond acceptors (Lipinski definition) is 3. The SMILES string of the molecule is CCN(CC(C)C)C1=NS(=O)(=O)c2cccc(Cl)c21. The van der Waals surface area contributed by atoms with Gasteiger partial charge in [-0.15, -0.1) is 4.40 Å². The highest BCUT2D eigenvalue weighted by Gasteiger charge is 2.33. The molecule has 0 unspecified atom stereocenters. The number of rotatable bonds is 3. The van der Waals surface area contributed by atoms with Crippen molar-refractivity contribution in [2.45, 2.75) is 25.7 Å². The summed E-state index contributed by atoms with van der Waals surface area (Å²) in [5, 5.41) is 0.430. The van der Waals surface area contributed by atoms with Crippen LogP contribution in [0, 0.1) is 5.92 Å². The molecule has 0 bridgehead atoms. The number of amidine groups is 1. The third-order valence-electron chi connectivity index (χ3n) is 2.95. The van der Waals surface area contributed by atoms with Gasteiger partial charge in [0.25, 0.3) is 10.0 Å². The average molecular weight is 301 g/mol. The van der Waals surface area contributed by atoms with Crippen LogP contribution >= 0.6 is 11.6 Å². The highest BCUT2D eigenvalue weighted by Crippen LogP contribution is 2.33. The van der Waals surface area contributed by atoms with Gasteiger partial charge < -0.3 is 4.90 Å². The van der Waals surface area contributed by atoms with Crippen LogP contribution < -0.4 is 0 Å². The fourth-order valence-electron chi connectivity index (χ4n) is 2.17. The normalized spacial score (nSPS) is 16.4. The Morgan fingerprint density at radius 1 is 1.37 bits per heavy atom. The van der Waals surface area contributed by atoms with Crippen molar-refractivity contribution in [2.24, 2.45) is 10.3 Å². The molecule has 1 aromatic carbocycles. The molecule has 19 heavy (non-hydrogen) atoms. The molecule has 0 atom stereocenters. The molecule has 0 saturated heterocycles. The van der Waals surface area contributed by atoms with E-state index in [1.807, 2.05) is 11.8 Å². The third-order valence-corrected chi connectivity index (χ3v) is 4.57. The monoisotopic (exact) mass is 300 g/mol. The van der Waals surface area contributed by atoms with Gasteiger partial charge in [0.05, 0.1) is 10.6 Å². The predicted molar refractivity (Wildman–Crippen MR) is 77.3 cm³/mol. The first-order valence-corrected chi connectivity index (χ1v) is 8.07. The molecule has 0 aromatic heterocycles. The van der Waals surface area contributed by atoms with E-state index < -0.39 is 10.0 Å². The van der Waals surface area contributed by atoms with Gasteiger partial charge in [0.1, 0.15) is 4.90 Å². The lowest BCUT2D eigenvalue weighted by molar-refractivity contribution is 0.382. The van der Waals surface area contributed by atoms with Gasteiger partial charge in [-0.05, 0) is 25.0 Å². The maximum Gasteiger partial charge on any atom is 0.285 e. The first-order valence-electron chi connectivity index (χ1n) is 6.25. The first-order chi connectivity index (χ1) is 8.86. The number of halogens is 1. The fourth-order valence-corrected chi connectivity index (χ4v) is 3.72. The Balaban J connectivity index is 2.55. The summed E-state index contributed by atoms with van der Waals surface area (Å²) < 4.78 is 28.0. The Kier molecular flexibility index (Phi) is 3.87. The van der Waals surface area contributed by atoms with Crippen molar-refractivity contribution in [1.29, 1.82) is 0 Å². The van der Waals surface area contributed by atoms with Gasteiger partial charge in [0, 0.05) is 13.1 Å². The summed E-state index contributed by atoms with van der Waals surface area (Å²) in [5.74, 6) is 0.883. The summed E-state index contributed by atoms with van der Waals surface area (Å²) in [6, 6.07) is 4.88. The summed E-state index contributed by atoms with van der Waals surface area (Å²) in [6.07, 6.45) is 0. The van der Waals surface area contributed by atoms with Crippen LogP contribution in [0.1, 0.15) is 26.3 Å². The Morgan fingerprint density at radius 2 is 2.05 bits per heavy atom. The van der Waals surface area contributed by atoms with Gasteiger partial charge in [0.2, 0.25) is 0 Å². The molecule has 0 aliphatic carbocycles. The maximum absolute atomic E-state index is 12.0. The van der Waals surface area contributed by atoms with Gasteiger partial charge in [-0.25, -0.2) is 0 Å². The summed E-state index contributed by atoms with van der Waals surface area (Å²) in [7, 11) is -3.61. The van der Waals surface area contributed by atoms with Gasteiger partial charge in [-0.1, -0.05) is 31.5 Å². The summed E-state index contributed by atoms with van der Waals surface area (Å²) in [5.41, 5.74) is 0.534. The lowest BCUT2D eigenvalue weighted by atomic mass is 10.1. The second-order valence-electron chi connectivity index (χ2n) is 4.94. The van der Waals surface area contributed by atoms with Crippen LogP contribution in [0.25, 0.3) is 0 Å². The lowest BCUT2D eigenvalue weighted by Gasteiger charge is -2.25. The van der Waals surface area contributed by atoms with E-state index in [9.17, 15) is 8.42 Å². The number of sulfonamides is 1. The van der Waals surface area contributed by atoms with E-state index in [0.29, 0.717) is 28.9 Å². The molecule has 0 amide bonds. The van der Waals surface area contributed by atoms with Gasteiger partial charge in [-0.2, -0.15) is 8.42 Å². The zero-order valence-corrected chi connectivity index (χ0v) is 12.8. The third kappa shape index (κ3) is 2.62. The van der Waals surface area contributed by atoms with E-state index in [1.54, 1.807) is 18.2 Å². The van der Waals surface area contributed by atoms with E-state index in [1.165, 1.54) is 0 Å². The molecule has 1 aromatic rings. The van der Waals surface area contributed by atoms with Crippen molar-refractivity contribution in [3.8, 4) is 0 Å². The Labute approximate surface area is 119 Å². The molecule has 1 aliphatic heterocycles. The highest BCUT2D eigenvalue weighted by molar-refractivity contribution is 7.90. The second kappa shape index (κ2) is 5.13. The van der Waals surface area contributed by atoms with E-state index in [0.717, 1.165) is 6.54 Å². The maximum atomic E-state index is 12.0. The van der Waals surface area contributed by atoms with E-state index >= 15 is 0 Å². The van der Waals surface area contributed by atoms with Crippen molar-refractivity contribution < 1.29 is 8.42 Å². The molecule has 6 heteroatoms. The Bertz CT molecular complexity index is 624. The van der Waals surface area contributed by atoms with Crippen molar-refractivity contribution in [1.82, 2.24) is 4.90 Å². The lowest BCUT2D eigenvalue weighted by Crippen LogP contribution is -2.34. The smallest absolute Gasteiger partial charge is 0.285 e. The van der Waals surface area contributed by atoms with Crippen LogP contribution in [0.2, 0.25) is 5.02 Å². The van der Waals surface area contributed by atoms with Gasteiger partial charge in [0.15, 0.2) is 5.84 Å². The molecule has 0 spiro atoms. The molecule has 0 radical (unpaired) electrons. The standard InChI is InChI=1S/C13H17ClN2O2S/c1-4-16(8-9(2)3)13-12-10(14)6-5-7-11(12)19(17,18)15-13/h5-7,9H,4,8H2,1-3H3. The number of fused-ring (bicyclic) bond motifs is 1. The topological polar surface area (TPSA) is 49.7 Å². The zero-order valence-electron chi connectivity index (χ0n) is 11.2. The number of nitrogens with zero attached hydrogens (tertiary/aromatic N) is 2. The second-order valence-corrected chi connectivity index (χ2v) is 6.92. The van der Waals surface area contributed by atoms with E-state index in [2.05, 4.69) is 18.2 Å². The van der Waals surface area contributed by atoms with Crippen molar-refractivity contribution in [3.63, 3.8) is 0 Å². The van der Waals surface area contributed by atoms with Crippen molar-refractivity contribution in [3.05, 3.63) is 28.8 Å². The molecule has 0 N–H and O–H groups in total. The molecular formula is C13H17ClN2O2S. The van der Waals surface area contributed by atoms with Crippen LogP contribution in [0.3, 0.4) is 0 Å². The van der Waals surface area contributed by atoms with Gasteiger partial charge in [-0.3, -0.25) is 0 Å². The zero-order chi connectivity index (χ0) is 14.2. The van der Waals surface area contributed by atoms with Crippen LogP contribution in [-0.2, 0) is 10.0 Å². The molecular weight excluding hydrogens is 284 g/mol. The van der Waals surface area contributed by atoms with E-state index in [-0.39, 0.29) is 4.90 Å². The minimum Gasteiger partial charge on any atom is -0.355 e. The van der Waals surface area contributed by atoms with Crippen LogP contribution in [0.4, 0.5) is 0 Å². The quantitative estimate of drug-likeness (QED) is 0.862. The Morgan fingerprint density at radius 3 is 2.63 bits per heavy atom. The molecule has 2 rings (SSSR count). The minimum absolute atomic E-state index is 0.206. The van der Waals surface area contributed by atoms with Crippen LogP contribution in [-0.4, -0.2) is 32.2 Å². The van der Waals surface area contributed by atoms with Crippen LogP contribution in [0.15, 0.2) is 27.5 Å². The first kappa shape index (κ1) is 14.3. The molecule has 104 valence electrons. The van der Waals surface area contributed by atoms with Gasteiger partial charge >= 0.3 is 0 Å². The fraction of sp³-hybridized carbons (Fsp3) is 0.462.